The number of amides is 1. The van der Waals surface area contributed by atoms with Gasteiger partial charge < -0.3 is 23.5 Å². The number of fused-ring (bicyclic) bond motifs is 3. The lowest BCUT2D eigenvalue weighted by Gasteiger charge is -2.25. The first-order chi connectivity index (χ1) is 15.5. The summed E-state index contributed by atoms with van der Waals surface area (Å²) in [5.74, 6) is 2.30. The molecule has 1 aromatic carbocycles. The van der Waals surface area contributed by atoms with Gasteiger partial charge in [-0.3, -0.25) is 4.90 Å². The molecule has 0 spiro atoms. The van der Waals surface area contributed by atoms with Crippen LogP contribution in [0.25, 0.3) is 11.4 Å². The van der Waals surface area contributed by atoms with Crippen molar-refractivity contribution in [3.8, 4) is 22.9 Å². The van der Waals surface area contributed by atoms with Gasteiger partial charge >= 0.3 is 12.1 Å². The number of carbonyl (C=O) groups excluding carboxylic acids is 2. The monoisotopic (exact) mass is 443 g/mol. The summed E-state index contributed by atoms with van der Waals surface area (Å²) in [6.07, 6.45) is 2.73. The first-order valence-electron chi connectivity index (χ1n) is 11.0. The van der Waals surface area contributed by atoms with Crippen LogP contribution in [0.1, 0.15) is 33.6 Å². The summed E-state index contributed by atoms with van der Waals surface area (Å²) in [7, 11) is 1.32. The van der Waals surface area contributed by atoms with Crippen LogP contribution < -0.4 is 14.4 Å². The number of carbonyl (C=O) groups is 2. The third kappa shape index (κ3) is 3.99. The summed E-state index contributed by atoms with van der Waals surface area (Å²) in [5, 5.41) is 0. The number of imidazole rings is 1. The second kappa shape index (κ2) is 9.10. The minimum atomic E-state index is -0.736. The molecule has 3 heterocycles. The molecule has 0 saturated carbocycles. The van der Waals surface area contributed by atoms with Crippen LogP contribution in [0.4, 0.5) is 10.6 Å². The molecule has 1 amide bonds. The van der Waals surface area contributed by atoms with Crippen LogP contribution in [0.3, 0.4) is 0 Å². The zero-order valence-corrected chi connectivity index (χ0v) is 18.9. The summed E-state index contributed by atoms with van der Waals surface area (Å²) in [4.78, 5) is 30.7. The maximum atomic E-state index is 12.6. The zero-order valence-electron chi connectivity index (χ0n) is 18.9. The summed E-state index contributed by atoms with van der Waals surface area (Å²) in [5.41, 5.74) is 0.790. The van der Waals surface area contributed by atoms with Crippen LogP contribution in [0, 0.1) is 5.92 Å². The van der Waals surface area contributed by atoms with Crippen molar-refractivity contribution >= 4 is 17.9 Å². The molecule has 2 atom stereocenters. The van der Waals surface area contributed by atoms with Crippen molar-refractivity contribution in [1.29, 1.82) is 0 Å². The van der Waals surface area contributed by atoms with E-state index >= 15 is 0 Å². The fourth-order valence-corrected chi connectivity index (χ4v) is 4.34. The van der Waals surface area contributed by atoms with Crippen LogP contribution in [0.2, 0.25) is 0 Å². The van der Waals surface area contributed by atoms with Crippen LogP contribution in [-0.4, -0.2) is 54.1 Å². The molecule has 9 heteroatoms. The number of cyclic esters (lactones) is 1. The molecular formula is C23H29N3O6. The van der Waals surface area contributed by atoms with E-state index in [4.69, 9.17) is 23.9 Å². The molecule has 0 bridgehead atoms. The first-order valence-corrected chi connectivity index (χ1v) is 11.0. The summed E-state index contributed by atoms with van der Waals surface area (Å²) >= 11 is 0. The van der Waals surface area contributed by atoms with Gasteiger partial charge in [-0.2, -0.15) is 0 Å². The third-order valence-electron chi connectivity index (χ3n) is 6.14. The molecule has 1 fully saturated rings. The number of rotatable bonds is 7. The van der Waals surface area contributed by atoms with Gasteiger partial charge in [-0.15, -0.1) is 0 Å². The average molecular weight is 444 g/mol. The minimum Gasteiger partial charge on any atom is -0.491 e. The molecular weight excluding hydrogens is 414 g/mol. The highest BCUT2D eigenvalue weighted by Crippen LogP contribution is 2.38. The van der Waals surface area contributed by atoms with Crippen LogP contribution in [-0.2, 0) is 20.8 Å². The minimum absolute atomic E-state index is 0.0250. The Morgan fingerprint density at radius 1 is 1.28 bits per heavy atom. The van der Waals surface area contributed by atoms with Gasteiger partial charge in [0.05, 0.1) is 25.3 Å². The number of anilines is 1. The van der Waals surface area contributed by atoms with Crippen LogP contribution in [0.5, 0.6) is 11.5 Å². The lowest BCUT2D eigenvalue weighted by molar-refractivity contribution is -0.147. The summed E-state index contributed by atoms with van der Waals surface area (Å²) < 4.78 is 23.7. The Kier molecular flexibility index (Phi) is 6.25. The molecule has 0 aliphatic carbocycles. The molecule has 0 N–H and O–H groups in total. The van der Waals surface area contributed by atoms with Crippen molar-refractivity contribution in [3.05, 3.63) is 24.4 Å². The molecule has 2 aromatic rings. The van der Waals surface area contributed by atoms with Crippen molar-refractivity contribution in [1.82, 2.24) is 9.55 Å². The van der Waals surface area contributed by atoms with E-state index in [1.165, 1.54) is 7.11 Å². The first kappa shape index (κ1) is 22.0. The largest absolute Gasteiger partial charge is 0.491 e. The van der Waals surface area contributed by atoms with E-state index in [0.29, 0.717) is 48.8 Å². The predicted octanol–water partition coefficient (Wildman–Crippen LogP) is 3.64. The molecule has 1 aromatic heterocycles. The Hall–Kier alpha value is -3.23. The summed E-state index contributed by atoms with van der Waals surface area (Å²) in [6, 6.07) is 5.34. The van der Waals surface area contributed by atoms with Crippen molar-refractivity contribution < 1.29 is 28.5 Å². The van der Waals surface area contributed by atoms with E-state index < -0.39 is 12.1 Å². The Morgan fingerprint density at radius 2 is 2.06 bits per heavy atom. The molecule has 4 rings (SSSR count). The molecule has 0 radical (unpaired) electrons. The number of aromatic nitrogens is 2. The quantitative estimate of drug-likeness (QED) is 0.603. The molecule has 0 unspecified atom stereocenters. The Morgan fingerprint density at radius 3 is 2.78 bits per heavy atom. The van der Waals surface area contributed by atoms with Crippen molar-refractivity contribution in [2.45, 2.75) is 52.3 Å². The van der Waals surface area contributed by atoms with E-state index in [-0.39, 0.29) is 12.1 Å². The SMILES string of the molecule is CCC(CC)[C@@H]1COC(=O)N1c1cn2c(n1)-c1ccc(O[C@@H](C)C(=O)OC)cc1OCC2. The van der Waals surface area contributed by atoms with Gasteiger partial charge in [-0.25, -0.2) is 14.6 Å². The molecule has 172 valence electrons. The number of ether oxygens (including phenoxy) is 4. The highest BCUT2D eigenvalue weighted by molar-refractivity contribution is 5.89. The number of nitrogens with zero attached hydrogens (tertiary/aromatic N) is 3. The molecule has 1 saturated heterocycles. The second-order valence-electron chi connectivity index (χ2n) is 8.00. The number of methoxy groups -OCH3 is 1. The molecule has 2 aliphatic rings. The molecule has 2 aliphatic heterocycles. The fraction of sp³-hybridized carbons (Fsp3) is 0.522. The lowest BCUT2D eigenvalue weighted by atomic mass is 9.94. The predicted molar refractivity (Wildman–Crippen MR) is 117 cm³/mol. The van der Waals surface area contributed by atoms with Crippen LogP contribution >= 0.6 is 0 Å². The van der Waals surface area contributed by atoms with Gasteiger partial charge in [-0.1, -0.05) is 26.7 Å². The molecule has 32 heavy (non-hydrogen) atoms. The maximum Gasteiger partial charge on any atom is 0.415 e. The van der Waals surface area contributed by atoms with Gasteiger partial charge in [-0.05, 0) is 25.0 Å². The fourth-order valence-electron chi connectivity index (χ4n) is 4.34. The second-order valence-corrected chi connectivity index (χ2v) is 8.00. The summed E-state index contributed by atoms with van der Waals surface area (Å²) in [6.45, 7) is 7.29. The highest BCUT2D eigenvalue weighted by Gasteiger charge is 2.40. The maximum absolute atomic E-state index is 12.6. The van der Waals surface area contributed by atoms with E-state index in [2.05, 4.69) is 13.8 Å². The lowest BCUT2D eigenvalue weighted by Crippen LogP contribution is -2.39. The number of hydrogen-bond donors (Lipinski definition) is 0. The van der Waals surface area contributed by atoms with Crippen molar-refractivity contribution in [2.24, 2.45) is 5.92 Å². The Labute approximate surface area is 187 Å². The van der Waals surface area contributed by atoms with Crippen molar-refractivity contribution in [2.75, 3.05) is 25.2 Å². The van der Waals surface area contributed by atoms with Gasteiger partial charge in [0, 0.05) is 12.3 Å². The van der Waals surface area contributed by atoms with E-state index in [1.54, 1.807) is 24.0 Å². The number of esters is 1. The van der Waals surface area contributed by atoms with E-state index in [0.717, 1.165) is 18.4 Å². The van der Waals surface area contributed by atoms with Gasteiger partial charge in [0.1, 0.15) is 30.5 Å². The van der Waals surface area contributed by atoms with Gasteiger partial charge in [0.15, 0.2) is 11.9 Å². The number of benzene rings is 1. The van der Waals surface area contributed by atoms with Gasteiger partial charge in [0.25, 0.3) is 0 Å². The smallest absolute Gasteiger partial charge is 0.415 e. The van der Waals surface area contributed by atoms with Crippen molar-refractivity contribution in [3.63, 3.8) is 0 Å². The molecule has 9 nitrogen and oxygen atoms in total. The average Bonchev–Trinajstić information content (AvgIpc) is 3.33. The third-order valence-corrected chi connectivity index (χ3v) is 6.14. The zero-order chi connectivity index (χ0) is 22.8. The van der Waals surface area contributed by atoms with Crippen LogP contribution in [0.15, 0.2) is 24.4 Å². The Balaban J connectivity index is 1.65. The van der Waals surface area contributed by atoms with Gasteiger partial charge in [0.2, 0.25) is 0 Å². The highest BCUT2D eigenvalue weighted by atomic mass is 16.6. The van der Waals surface area contributed by atoms with E-state index in [1.807, 2.05) is 16.8 Å². The van der Waals surface area contributed by atoms with E-state index in [9.17, 15) is 9.59 Å². The standard InChI is InChI=1S/C23H29N3O6/c1-5-15(6-2)18-13-31-23(28)26(18)20-12-25-9-10-30-19-11-16(32-14(3)22(27)29-4)7-8-17(19)21(25)24-20/h7-8,11-12,14-15,18H,5-6,9-10,13H2,1-4H3/t14-,18-/m0/s1. The number of hydrogen-bond acceptors (Lipinski definition) is 7. The normalized spacial score (nSPS) is 18.3. The Bertz CT molecular complexity index is 1000. The topological polar surface area (TPSA) is 92.1 Å².